The van der Waals surface area contributed by atoms with Crippen molar-refractivity contribution in [2.24, 2.45) is 0 Å². The van der Waals surface area contributed by atoms with E-state index in [9.17, 15) is 9.59 Å². The van der Waals surface area contributed by atoms with Gasteiger partial charge in [0.2, 0.25) is 0 Å². The monoisotopic (exact) mass is 358 g/mol. The highest BCUT2D eigenvalue weighted by Gasteiger charge is 2.42. The minimum Gasteiger partial charge on any atom is -0.349 e. The molecule has 2 heterocycles. The zero-order valence-electron chi connectivity index (χ0n) is 14.8. The smallest absolute Gasteiger partial charge is 0.272 e. The van der Waals surface area contributed by atoms with E-state index in [0.29, 0.717) is 18.8 Å². The minimum atomic E-state index is -1.93. The highest BCUT2D eigenvalue weighted by molar-refractivity contribution is 5.93. The largest absolute Gasteiger partial charge is 0.349 e. The van der Waals surface area contributed by atoms with Crippen LogP contribution in [0.4, 0.5) is 4.39 Å². The lowest BCUT2D eigenvalue weighted by molar-refractivity contribution is -0.135. The molecular formula is C19H23FN4O2. The Morgan fingerprint density at radius 3 is 2.54 bits per heavy atom. The van der Waals surface area contributed by atoms with Gasteiger partial charge in [-0.3, -0.25) is 14.3 Å². The van der Waals surface area contributed by atoms with Crippen LogP contribution in [-0.2, 0) is 17.9 Å². The molecule has 3 rings (SSSR count). The zero-order chi connectivity index (χ0) is 18.6. The molecule has 1 saturated heterocycles. The average Bonchev–Trinajstić information content (AvgIpc) is 3.15. The third-order valence-electron chi connectivity index (χ3n) is 4.78. The van der Waals surface area contributed by atoms with Crippen LogP contribution in [0.3, 0.4) is 0 Å². The Labute approximate surface area is 152 Å². The molecule has 1 N–H and O–H groups in total. The predicted octanol–water partition coefficient (Wildman–Crippen LogP) is 2.16. The second-order valence-corrected chi connectivity index (χ2v) is 6.46. The summed E-state index contributed by atoms with van der Waals surface area (Å²) < 4.78 is 16.6. The Hall–Kier alpha value is -2.70. The van der Waals surface area contributed by atoms with Crippen molar-refractivity contribution < 1.29 is 14.0 Å². The molecule has 26 heavy (non-hydrogen) atoms. The summed E-state index contributed by atoms with van der Waals surface area (Å²) in [4.78, 5) is 26.5. The van der Waals surface area contributed by atoms with Crippen molar-refractivity contribution in [2.45, 2.75) is 38.5 Å². The van der Waals surface area contributed by atoms with Gasteiger partial charge in [0, 0.05) is 45.2 Å². The summed E-state index contributed by atoms with van der Waals surface area (Å²) in [6, 6.07) is 11.1. The summed E-state index contributed by atoms with van der Waals surface area (Å²) in [5.74, 6) is -0.775. The Morgan fingerprint density at radius 2 is 1.88 bits per heavy atom. The van der Waals surface area contributed by atoms with Crippen molar-refractivity contribution in [2.75, 3.05) is 13.1 Å². The molecule has 7 heteroatoms. The van der Waals surface area contributed by atoms with Gasteiger partial charge >= 0.3 is 0 Å². The Bertz CT molecular complexity index is 767. The highest BCUT2D eigenvalue weighted by atomic mass is 19.1. The predicted molar refractivity (Wildman–Crippen MR) is 95.2 cm³/mol. The molecule has 0 bridgehead atoms. The van der Waals surface area contributed by atoms with Crippen molar-refractivity contribution in [1.29, 1.82) is 0 Å². The number of carbonyl (C=O) groups is 2. The summed E-state index contributed by atoms with van der Waals surface area (Å²) >= 11 is 0. The van der Waals surface area contributed by atoms with Crippen molar-refractivity contribution >= 4 is 11.8 Å². The van der Waals surface area contributed by atoms with Crippen molar-refractivity contribution in [1.82, 2.24) is 20.0 Å². The Balaban J connectivity index is 1.56. The van der Waals surface area contributed by atoms with Gasteiger partial charge in [-0.1, -0.05) is 30.3 Å². The van der Waals surface area contributed by atoms with E-state index in [4.69, 9.17) is 0 Å². The maximum atomic E-state index is 15.0. The van der Waals surface area contributed by atoms with Crippen LogP contribution in [0, 0.1) is 0 Å². The molecular weight excluding hydrogens is 335 g/mol. The molecule has 138 valence electrons. The van der Waals surface area contributed by atoms with Crippen molar-refractivity contribution in [3.63, 3.8) is 0 Å². The molecule has 1 aliphatic heterocycles. The standard InChI is InChI=1S/C19H23FN4O2/c1-2-24-16(8-11-22-24)17(25)23-12-9-19(20,10-13-23)18(26)21-14-15-6-4-3-5-7-15/h3-8,11H,2,9-10,12-14H2,1H3,(H,21,26). The molecule has 0 spiro atoms. The van der Waals surface area contributed by atoms with Crippen LogP contribution in [0.25, 0.3) is 0 Å². The van der Waals surface area contributed by atoms with E-state index >= 15 is 4.39 Å². The third kappa shape index (κ3) is 3.76. The van der Waals surface area contributed by atoms with E-state index < -0.39 is 11.6 Å². The summed E-state index contributed by atoms with van der Waals surface area (Å²) in [6.07, 6.45) is 1.58. The quantitative estimate of drug-likeness (QED) is 0.891. The number of rotatable bonds is 5. The first-order chi connectivity index (χ1) is 12.5. The molecule has 0 atom stereocenters. The summed E-state index contributed by atoms with van der Waals surface area (Å²) in [5.41, 5.74) is -0.520. The molecule has 1 aromatic carbocycles. The fourth-order valence-electron chi connectivity index (χ4n) is 3.16. The normalized spacial score (nSPS) is 16.3. The average molecular weight is 358 g/mol. The van der Waals surface area contributed by atoms with Crippen LogP contribution in [0.5, 0.6) is 0 Å². The van der Waals surface area contributed by atoms with Crippen LogP contribution in [-0.4, -0.2) is 45.3 Å². The number of amides is 2. The van der Waals surface area contributed by atoms with Crippen LogP contribution in [0.2, 0.25) is 0 Å². The fourth-order valence-corrected chi connectivity index (χ4v) is 3.16. The van der Waals surface area contributed by atoms with E-state index in [1.807, 2.05) is 37.3 Å². The molecule has 0 aliphatic carbocycles. The van der Waals surface area contributed by atoms with Crippen LogP contribution >= 0.6 is 0 Å². The lowest BCUT2D eigenvalue weighted by Crippen LogP contribution is -2.52. The van der Waals surface area contributed by atoms with Crippen LogP contribution in [0.1, 0.15) is 35.8 Å². The van der Waals surface area contributed by atoms with Gasteiger partial charge in [0.15, 0.2) is 5.67 Å². The van der Waals surface area contributed by atoms with Gasteiger partial charge in [-0.15, -0.1) is 0 Å². The first kappa shape index (κ1) is 18.1. The van der Waals surface area contributed by atoms with Gasteiger partial charge in [0.25, 0.3) is 11.8 Å². The molecule has 1 aromatic heterocycles. The van der Waals surface area contributed by atoms with Crippen LogP contribution in [0.15, 0.2) is 42.6 Å². The first-order valence-corrected chi connectivity index (χ1v) is 8.86. The number of hydrogen-bond acceptors (Lipinski definition) is 3. The molecule has 0 saturated carbocycles. The number of nitrogens with zero attached hydrogens (tertiary/aromatic N) is 3. The maximum Gasteiger partial charge on any atom is 0.272 e. The number of aryl methyl sites for hydroxylation is 1. The Kier molecular flexibility index (Phi) is 5.35. The van der Waals surface area contributed by atoms with Crippen LogP contribution < -0.4 is 5.32 Å². The second kappa shape index (κ2) is 7.68. The van der Waals surface area contributed by atoms with E-state index in [2.05, 4.69) is 10.4 Å². The molecule has 6 nitrogen and oxygen atoms in total. The number of benzene rings is 1. The third-order valence-corrected chi connectivity index (χ3v) is 4.78. The maximum absolute atomic E-state index is 15.0. The van der Waals surface area contributed by atoms with Gasteiger partial charge in [0.05, 0.1) is 0 Å². The van der Waals surface area contributed by atoms with Crippen molar-refractivity contribution in [3.05, 3.63) is 53.9 Å². The lowest BCUT2D eigenvalue weighted by Gasteiger charge is -2.35. The Morgan fingerprint density at radius 1 is 1.19 bits per heavy atom. The molecule has 2 aromatic rings. The van der Waals surface area contributed by atoms with E-state index in [-0.39, 0.29) is 31.8 Å². The minimum absolute atomic E-state index is 0.000372. The number of aromatic nitrogens is 2. The molecule has 0 radical (unpaired) electrons. The number of piperidine rings is 1. The summed E-state index contributed by atoms with van der Waals surface area (Å²) in [5, 5.41) is 6.76. The first-order valence-electron chi connectivity index (χ1n) is 8.86. The van der Waals surface area contributed by atoms with Gasteiger partial charge in [0.1, 0.15) is 5.69 Å². The van der Waals surface area contributed by atoms with Gasteiger partial charge in [-0.05, 0) is 18.6 Å². The number of carbonyl (C=O) groups excluding carboxylic acids is 2. The van der Waals surface area contributed by atoms with Gasteiger partial charge < -0.3 is 10.2 Å². The van der Waals surface area contributed by atoms with E-state index in [0.717, 1.165) is 5.56 Å². The van der Waals surface area contributed by atoms with Gasteiger partial charge in [-0.2, -0.15) is 5.10 Å². The number of alkyl halides is 1. The van der Waals surface area contributed by atoms with E-state index in [1.54, 1.807) is 21.8 Å². The topological polar surface area (TPSA) is 67.2 Å². The van der Waals surface area contributed by atoms with Crippen molar-refractivity contribution in [3.8, 4) is 0 Å². The highest BCUT2D eigenvalue weighted by Crippen LogP contribution is 2.28. The SMILES string of the molecule is CCn1nccc1C(=O)N1CCC(F)(C(=O)NCc2ccccc2)CC1. The number of halogens is 1. The number of nitrogens with one attached hydrogen (secondary N) is 1. The molecule has 1 fully saturated rings. The van der Waals surface area contributed by atoms with E-state index in [1.165, 1.54) is 0 Å². The number of likely N-dealkylation sites (tertiary alicyclic amines) is 1. The fraction of sp³-hybridized carbons (Fsp3) is 0.421. The molecule has 2 amide bonds. The van der Waals surface area contributed by atoms with Gasteiger partial charge in [-0.25, -0.2) is 4.39 Å². The zero-order valence-corrected chi connectivity index (χ0v) is 14.8. The summed E-state index contributed by atoms with van der Waals surface area (Å²) in [6.45, 7) is 3.22. The number of hydrogen-bond donors (Lipinski definition) is 1. The molecule has 0 unspecified atom stereocenters. The second-order valence-electron chi connectivity index (χ2n) is 6.46. The lowest BCUT2D eigenvalue weighted by atomic mass is 9.92. The molecule has 1 aliphatic rings. The summed E-state index contributed by atoms with van der Waals surface area (Å²) in [7, 11) is 0.